The molecule has 0 aromatic heterocycles. The molecule has 1 aromatic carbocycles. The lowest BCUT2D eigenvalue weighted by atomic mass is 10.2. The third-order valence-corrected chi connectivity index (χ3v) is 5.34. The van der Waals surface area contributed by atoms with Crippen LogP contribution in [0.25, 0.3) is 0 Å². The molecular formula is C7H8NO4S2. The molecule has 0 amide bonds. The van der Waals surface area contributed by atoms with Crippen molar-refractivity contribution in [3.05, 3.63) is 29.8 Å². The molecule has 1 aromatic rings. The maximum absolute atomic E-state index is 11.2. The molecule has 1 radical (unpaired) electrons. The Morgan fingerprint density at radius 1 is 1.00 bits per heavy atom. The molecule has 0 fully saturated rings. The quantitative estimate of drug-likeness (QED) is 0.688. The van der Waals surface area contributed by atoms with Gasteiger partial charge in [-0.05, 0) is 19.1 Å². The summed E-state index contributed by atoms with van der Waals surface area (Å²) in [6.45, 7) is 1.74. The molecule has 0 atom stereocenters. The zero-order valence-corrected chi connectivity index (χ0v) is 8.89. The van der Waals surface area contributed by atoms with Crippen molar-refractivity contribution in [1.29, 1.82) is 0 Å². The maximum atomic E-state index is 11.2. The van der Waals surface area contributed by atoms with Crippen molar-refractivity contribution >= 4 is 17.9 Å². The molecule has 77 valence electrons. The first-order chi connectivity index (χ1) is 6.25. The maximum Gasteiger partial charge on any atom is 0.335 e. The molecule has 0 aliphatic carbocycles. The summed E-state index contributed by atoms with van der Waals surface area (Å²) >= 11 is 0. The minimum absolute atomic E-state index is 0.377. The van der Waals surface area contributed by atoms with Gasteiger partial charge >= 0.3 is 9.06 Å². The molecule has 1 N–H and O–H groups in total. The molecule has 0 bridgehead atoms. The largest absolute Gasteiger partial charge is 0.335 e. The molecular weight excluding hydrogens is 226 g/mol. The Balaban J connectivity index is 3.40. The second kappa shape index (κ2) is 3.34. The summed E-state index contributed by atoms with van der Waals surface area (Å²) in [6, 6.07) is 5.27. The number of benzene rings is 1. The molecule has 0 unspecified atom stereocenters. The van der Waals surface area contributed by atoms with Gasteiger partial charge in [0, 0.05) is 0 Å². The molecule has 1 rings (SSSR count). The van der Waals surface area contributed by atoms with E-state index in [0.717, 1.165) is 17.7 Å². The highest BCUT2D eigenvalue weighted by Gasteiger charge is 2.28. The van der Waals surface area contributed by atoms with Crippen molar-refractivity contribution in [3.63, 3.8) is 0 Å². The normalized spacial score (nSPS) is 12.7. The number of nitrogens with one attached hydrogen (secondary N) is 1. The highest BCUT2D eigenvalue weighted by Crippen LogP contribution is 2.15. The average Bonchev–Trinajstić information content (AvgIpc) is 2.03. The summed E-state index contributed by atoms with van der Waals surface area (Å²) in [5.74, 6) is 0. The van der Waals surface area contributed by atoms with Gasteiger partial charge in [-0.25, -0.2) is 8.42 Å². The molecule has 0 aliphatic rings. The summed E-state index contributed by atoms with van der Waals surface area (Å²) in [4.78, 5) is -0.377. The van der Waals surface area contributed by atoms with Gasteiger partial charge in [0.1, 0.15) is 0 Å². The first kappa shape index (κ1) is 11.2. The first-order valence-electron chi connectivity index (χ1n) is 3.56. The van der Waals surface area contributed by atoms with E-state index >= 15 is 0 Å². The second-order valence-corrected chi connectivity index (χ2v) is 7.64. The number of hydrogen-bond donors (Lipinski definition) is 0. The Bertz CT molecular complexity index is 528. The van der Waals surface area contributed by atoms with E-state index in [-0.39, 0.29) is 4.90 Å². The van der Waals surface area contributed by atoms with Gasteiger partial charge in [0.15, 0.2) is 0 Å². The van der Waals surface area contributed by atoms with Gasteiger partial charge in [-0.1, -0.05) is 17.7 Å². The van der Waals surface area contributed by atoms with Crippen molar-refractivity contribution in [2.45, 2.75) is 11.8 Å². The molecule has 5 nitrogen and oxygen atoms in total. The summed E-state index contributed by atoms with van der Waals surface area (Å²) in [6.07, 6.45) is 0. The zero-order chi connectivity index (χ0) is 11.0. The number of rotatable bonds is 2. The number of hydrogen-bond acceptors (Lipinski definition) is 4. The smallest absolute Gasteiger partial charge is 0.206 e. The Labute approximate surface area is 81.9 Å². The van der Waals surface area contributed by atoms with Crippen LogP contribution in [-0.2, 0) is 17.9 Å². The highest BCUT2D eigenvalue weighted by atomic mass is 33.2. The summed E-state index contributed by atoms with van der Waals surface area (Å²) in [7, 11) is -9.40. The topological polar surface area (TPSA) is 92.1 Å². The third-order valence-electron chi connectivity index (χ3n) is 1.60. The Morgan fingerprint density at radius 3 is 1.79 bits per heavy atom. The van der Waals surface area contributed by atoms with E-state index in [9.17, 15) is 16.8 Å². The lowest BCUT2D eigenvalue weighted by Gasteiger charge is -2.00. The van der Waals surface area contributed by atoms with Crippen molar-refractivity contribution in [2.24, 2.45) is 0 Å². The Hall–Kier alpha value is -0.920. The Kier molecular flexibility index (Phi) is 2.66. The lowest BCUT2D eigenvalue weighted by Crippen LogP contribution is -2.15. The van der Waals surface area contributed by atoms with Crippen LogP contribution in [0.5, 0.6) is 0 Å². The molecule has 0 saturated carbocycles. The van der Waals surface area contributed by atoms with Crippen LogP contribution in [0, 0.1) is 6.92 Å². The predicted molar refractivity (Wildman–Crippen MR) is 50.4 cm³/mol. The standard InChI is InChI=1S/C7H8NO4S2/c1-6-2-4-7(5-3-6)13(9,10)14(8,11)12/h2-5,8H,1H3. The summed E-state index contributed by atoms with van der Waals surface area (Å²) in [5, 5.41) is 6.51. The molecule has 0 aliphatic heterocycles. The van der Waals surface area contributed by atoms with E-state index in [1.165, 1.54) is 12.1 Å². The first-order valence-corrected chi connectivity index (χ1v) is 7.05. The van der Waals surface area contributed by atoms with E-state index in [1.54, 1.807) is 6.92 Å². The van der Waals surface area contributed by atoms with Gasteiger partial charge < -0.3 is 0 Å². The molecule has 7 heteroatoms. The van der Waals surface area contributed by atoms with Crippen molar-refractivity contribution < 1.29 is 16.8 Å². The highest BCUT2D eigenvalue weighted by molar-refractivity contribution is 8.66. The number of aryl methyl sites for hydroxylation is 1. The van der Waals surface area contributed by atoms with Gasteiger partial charge in [-0.2, -0.15) is 8.42 Å². The fourth-order valence-corrected chi connectivity index (χ4v) is 2.65. The van der Waals surface area contributed by atoms with Crippen molar-refractivity contribution in [2.75, 3.05) is 0 Å². The van der Waals surface area contributed by atoms with Crippen LogP contribution in [0.4, 0.5) is 0 Å². The van der Waals surface area contributed by atoms with Crippen LogP contribution < -0.4 is 5.14 Å². The minimum atomic E-state index is -4.85. The van der Waals surface area contributed by atoms with Gasteiger partial charge in [0.05, 0.1) is 4.90 Å². The van der Waals surface area contributed by atoms with E-state index < -0.39 is 17.9 Å². The molecule has 0 heterocycles. The van der Waals surface area contributed by atoms with Crippen molar-refractivity contribution in [1.82, 2.24) is 5.14 Å². The van der Waals surface area contributed by atoms with Crippen LogP contribution in [0.1, 0.15) is 5.56 Å². The molecule has 14 heavy (non-hydrogen) atoms. The van der Waals surface area contributed by atoms with Crippen LogP contribution >= 0.6 is 0 Å². The predicted octanol–water partition coefficient (Wildman–Crippen LogP) is 0.296. The van der Waals surface area contributed by atoms with Gasteiger partial charge in [0.25, 0.3) is 8.87 Å². The fourth-order valence-electron chi connectivity index (χ4n) is 0.832. The molecule has 0 spiro atoms. The van der Waals surface area contributed by atoms with E-state index in [4.69, 9.17) is 5.14 Å². The van der Waals surface area contributed by atoms with Gasteiger partial charge in [0.2, 0.25) is 0 Å². The van der Waals surface area contributed by atoms with E-state index in [1.807, 2.05) is 0 Å². The minimum Gasteiger partial charge on any atom is -0.206 e. The summed E-state index contributed by atoms with van der Waals surface area (Å²) in [5.41, 5.74) is 0.811. The molecule has 0 saturated heterocycles. The fraction of sp³-hybridized carbons (Fsp3) is 0.143. The van der Waals surface area contributed by atoms with Crippen LogP contribution in [-0.4, -0.2) is 16.8 Å². The zero-order valence-electron chi connectivity index (χ0n) is 7.26. The van der Waals surface area contributed by atoms with Gasteiger partial charge in [-0.15, -0.1) is 5.14 Å². The monoisotopic (exact) mass is 234 g/mol. The lowest BCUT2D eigenvalue weighted by molar-refractivity contribution is 0.582. The van der Waals surface area contributed by atoms with Crippen LogP contribution in [0.3, 0.4) is 0 Å². The van der Waals surface area contributed by atoms with Crippen molar-refractivity contribution in [3.8, 4) is 0 Å². The van der Waals surface area contributed by atoms with E-state index in [0.29, 0.717) is 0 Å². The van der Waals surface area contributed by atoms with Crippen LogP contribution in [0.15, 0.2) is 29.2 Å². The third kappa shape index (κ3) is 1.94. The average molecular weight is 234 g/mol. The van der Waals surface area contributed by atoms with E-state index in [2.05, 4.69) is 0 Å². The van der Waals surface area contributed by atoms with Gasteiger partial charge in [-0.3, -0.25) is 0 Å². The Morgan fingerprint density at radius 2 is 1.43 bits per heavy atom. The summed E-state index contributed by atoms with van der Waals surface area (Å²) < 4.78 is 43.6. The SMILES string of the molecule is Cc1ccc(S(=O)(=O)S([NH])(=O)=O)cc1. The second-order valence-electron chi connectivity index (χ2n) is 2.72. The van der Waals surface area contributed by atoms with Crippen LogP contribution in [0.2, 0.25) is 0 Å².